The number of ketones is 2. The molecule has 6 N–H and O–H groups in total. The number of nitrogen functional groups attached to an aromatic ring is 1. The van der Waals surface area contributed by atoms with E-state index in [0.717, 1.165) is 12.1 Å². The maximum Gasteiger partial charge on any atom is 0.296 e. The van der Waals surface area contributed by atoms with Gasteiger partial charge >= 0.3 is 0 Å². The van der Waals surface area contributed by atoms with E-state index in [2.05, 4.69) is 10.6 Å². The standard InChI is InChI=1S/C26H19N3O8S2/c27-24-21(39(35,36)37)13-19(22-23(24)26(31)17-9-5-4-8-16(17)25(22)30)29-15-10-11-18(20(12-15)38(32,33)34)28-14-6-2-1-3-7-14/h1-13,28-29H,27H2,(H,32,33,34)(H,35,36,37). The Kier molecular flexibility index (Phi) is 6.23. The van der Waals surface area contributed by atoms with Crippen molar-refractivity contribution in [1.82, 2.24) is 0 Å². The zero-order chi connectivity index (χ0) is 28.1. The first-order valence-corrected chi connectivity index (χ1v) is 14.1. The lowest BCUT2D eigenvalue weighted by molar-refractivity contribution is 0.0980. The third kappa shape index (κ3) is 4.75. The first-order chi connectivity index (χ1) is 18.4. The lowest BCUT2D eigenvalue weighted by Crippen LogP contribution is -2.25. The van der Waals surface area contributed by atoms with E-state index in [1.165, 1.54) is 30.3 Å². The zero-order valence-corrected chi connectivity index (χ0v) is 21.4. The summed E-state index contributed by atoms with van der Waals surface area (Å²) in [4.78, 5) is 25.4. The predicted octanol–water partition coefficient (Wildman–Crippen LogP) is 4.02. The van der Waals surface area contributed by atoms with Crippen LogP contribution in [0.1, 0.15) is 31.8 Å². The zero-order valence-electron chi connectivity index (χ0n) is 19.7. The molecule has 0 aliphatic heterocycles. The van der Waals surface area contributed by atoms with Gasteiger partial charge in [-0.2, -0.15) is 16.8 Å². The summed E-state index contributed by atoms with van der Waals surface area (Å²) in [7, 11) is -9.71. The normalized spacial score (nSPS) is 13.0. The molecule has 0 saturated carbocycles. The molecule has 5 rings (SSSR count). The summed E-state index contributed by atoms with van der Waals surface area (Å²) < 4.78 is 68.3. The summed E-state index contributed by atoms with van der Waals surface area (Å²) in [5.74, 6) is -1.37. The summed E-state index contributed by atoms with van der Waals surface area (Å²) in [5, 5.41) is 5.64. The number of hydrogen-bond donors (Lipinski definition) is 5. The molecule has 0 atom stereocenters. The lowest BCUT2D eigenvalue weighted by Gasteiger charge is -2.24. The maximum absolute atomic E-state index is 13.5. The van der Waals surface area contributed by atoms with Gasteiger partial charge in [0, 0.05) is 22.5 Å². The second-order valence-corrected chi connectivity index (χ2v) is 11.3. The van der Waals surface area contributed by atoms with E-state index < -0.39 is 52.8 Å². The molecule has 0 saturated heterocycles. The van der Waals surface area contributed by atoms with Crippen LogP contribution in [0.3, 0.4) is 0 Å². The summed E-state index contributed by atoms with van der Waals surface area (Å²) in [6, 6.07) is 19.1. The molecule has 4 aromatic rings. The largest absolute Gasteiger partial charge is 0.397 e. The molecule has 1 aliphatic carbocycles. The molecule has 0 aromatic heterocycles. The van der Waals surface area contributed by atoms with E-state index in [4.69, 9.17) is 5.73 Å². The molecule has 198 valence electrons. The van der Waals surface area contributed by atoms with Gasteiger partial charge in [0.2, 0.25) is 0 Å². The molecule has 1 aliphatic rings. The Morgan fingerprint density at radius 2 is 1.13 bits per heavy atom. The van der Waals surface area contributed by atoms with Crippen LogP contribution < -0.4 is 16.4 Å². The van der Waals surface area contributed by atoms with E-state index in [9.17, 15) is 35.5 Å². The van der Waals surface area contributed by atoms with Gasteiger partial charge in [-0.3, -0.25) is 18.7 Å². The molecule has 0 amide bonds. The van der Waals surface area contributed by atoms with Gasteiger partial charge in [-0.05, 0) is 36.4 Å². The molecule has 4 aromatic carbocycles. The van der Waals surface area contributed by atoms with Crippen molar-refractivity contribution in [2.24, 2.45) is 0 Å². The highest BCUT2D eigenvalue weighted by molar-refractivity contribution is 7.86. The minimum atomic E-state index is -4.95. The van der Waals surface area contributed by atoms with Crippen molar-refractivity contribution in [3.05, 3.63) is 101 Å². The minimum absolute atomic E-state index is 0.00476. The third-order valence-electron chi connectivity index (χ3n) is 6.07. The van der Waals surface area contributed by atoms with Crippen LogP contribution in [0.2, 0.25) is 0 Å². The number of benzene rings is 4. The quantitative estimate of drug-likeness (QED) is 0.147. The number of carbonyl (C=O) groups is 2. The van der Waals surface area contributed by atoms with Gasteiger partial charge in [0.1, 0.15) is 9.79 Å². The van der Waals surface area contributed by atoms with Crippen LogP contribution in [0.25, 0.3) is 0 Å². The average molecular weight is 566 g/mol. The van der Waals surface area contributed by atoms with Gasteiger partial charge < -0.3 is 16.4 Å². The van der Waals surface area contributed by atoms with Crippen molar-refractivity contribution in [2.75, 3.05) is 16.4 Å². The molecular weight excluding hydrogens is 546 g/mol. The number of nitrogens with two attached hydrogens (primary N) is 1. The highest BCUT2D eigenvalue weighted by Crippen LogP contribution is 2.40. The van der Waals surface area contributed by atoms with Crippen LogP contribution in [0.4, 0.5) is 28.4 Å². The van der Waals surface area contributed by atoms with E-state index in [0.29, 0.717) is 5.69 Å². The highest BCUT2D eigenvalue weighted by Gasteiger charge is 2.36. The molecule has 0 fully saturated rings. The molecular formula is C26H19N3O8S2. The Hall–Kier alpha value is -4.56. The fraction of sp³-hybridized carbons (Fsp3) is 0. The lowest BCUT2D eigenvalue weighted by atomic mass is 9.82. The molecule has 13 heteroatoms. The van der Waals surface area contributed by atoms with Gasteiger partial charge in [0.05, 0.1) is 28.2 Å². The van der Waals surface area contributed by atoms with Gasteiger partial charge in [0.15, 0.2) is 11.6 Å². The van der Waals surface area contributed by atoms with Crippen LogP contribution in [0, 0.1) is 0 Å². The van der Waals surface area contributed by atoms with Crippen LogP contribution in [-0.2, 0) is 20.2 Å². The van der Waals surface area contributed by atoms with Crippen LogP contribution in [0.15, 0.2) is 88.7 Å². The number of nitrogens with one attached hydrogen (secondary N) is 2. The first-order valence-electron chi connectivity index (χ1n) is 11.2. The molecule has 0 heterocycles. The van der Waals surface area contributed by atoms with Gasteiger partial charge in [-0.15, -0.1) is 0 Å². The Bertz CT molecular complexity index is 1910. The smallest absolute Gasteiger partial charge is 0.296 e. The molecule has 0 bridgehead atoms. The fourth-order valence-electron chi connectivity index (χ4n) is 4.35. The molecule has 11 nitrogen and oxygen atoms in total. The van der Waals surface area contributed by atoms with Crippen molar-refractivity contribution >= 4 is 60.2 Å². The second-order valence-electron chi connectivity index (χ2n) is 8.57. The second kappa shape index (κ2) is 9.32. The average Bonchev–Trinajstić information content (AvgIpc) is 2.88. The fourth-order valence-corrected chi connectivity index (χ4v) is 5.67. The van der Waals surface area contributed by atoms with E-state index >= 15 is 0 Å². The van der Waals surface area contributed by atoms with E-state index in [1.807, 2.05) is 0 Å². The number of carbonyl (C=O) groups excluding carboxylic acids is 2. The van der Waals surface area contributed by atoms with Gasteiger partial charge in [0.25, 0.3) is 20.2 Å². The number of fused-ring (bicyclic) bond motifs is 2. The Morgan fingerprint density at radius 1 is 0.590 bits per heavy atom. The summed E-state index contributed by atoms with van der Waals surface area (Å²) in [6.45, 7) is 0. The van der Waals surface area contributed by atoms with E-state index in [1.54, 1.807) is 36.4 Å². The van der Waals surface area contributed by atoms with Gasteiger partial charge in [-0.1, -0.05) is 42.5 Å². The molecule has 0 spiro atoms. The van der Waals surface area contributed by atoms with Crippen LogP contribution in [-0.4, -0.2) is 37.5 Å². The molecule has 39 heavy (non-hydrogen) atoms. The number of rotatable bonds is 6. The first kappa shape index (κ1) is 26.1. The Morgan fingerprint density at radius 3 is 1.72 bits per heavy atom. The number of para-hydroxylation sites is 1. The SMILES string of the molecule is Nc1c(S(=O)(=O)O)cc(Nc2ccc(Nc3ccccc3)c(S(=O)(=O)O)c2)c2c1C(=O)c1ccccc1C2=O. The molecule has 0 unspecified atom stereocenters. The minimum Gasteiger partial charge on any atom is -0.397 e. The van der Waals surface area contributed by atoms with Crippen molar-refractivity contribution in [1.29, 1.82) is 0 Å². The number of anilines is 5. The van der Waals surface area contributed by atoms with Crippen molar-refractivity contribution in [3.8, 4) is 0 Å². The molecule has 0 radical (unpaired) electrons. The Labute approximate surface area is 222 Å². The van der Waals surface area contributed by atoms with Gasteiger partial charge in [-0.25, -0.2) is 0 Å². The third-order valence-corrected chi connectivity index (χ3v) is 7.86. The van der Waals surface area contributed by atoms with Crippen molar-refractivity contribution in [2.45, 2.75) is 9.79 Å². The van der Waals surface area contributed by atoms with Crippen molar-refractivity contribution in [3.63, 3.8) is 0 Å². The topological polar surface area (TPSA) is 193 Å². The van der Waals surface area contributed by atoms with Crippen molar-refractivity contribution < 1.29 is 35.5 Å². The summed E-state index contributed by atoms with van der Waals surface area (Å²) in [6.07, 6.45) is 0. The summed E-state index contributed by atoms with van der Waals surface area (Å²) in [5.41, 5.74) is 5.10. The summed E-state index contributed by atoms with van der Waals surface area (Å²) >= 11 is 0. The van der Waals surface area contributed by atoms with E-state index in [-0.39, 0.29) is 33.8 Å². The van der Waals surface area contributed by atoms with Crippen LogP contribution in [0.5, 0.6) is 0 Å². The Balaban J connectivity index is 1.68. The monoisotopic (exact) mass is 565 g/mol. The predicted molar refractivity (Wildman–Crippen MR) is 143 cm³/mol. The maximum atomic E-state index is 13.5. The number of hydrogen-bond acceptors (Lipinski definition) is 9. The van der Waals surface area contributed by atoms with Crippen LogP contribution >= 0.6 is 0 Å². The highest BCUT2D eigenvalue weighted by atomic mass is 32.2.